The van der Waals surface area contributed by atoms with Gasteiger partial charge in [0.2, 0.25) is 0 Å². The molecule has 7 heteroatoms. The Kier molecular flexibility index (Phi) is 3.09. The van der Waals surface area contributed by atoms with Crippen molar-refractivity contribution in [1.82, 2.24) is 0 Å². The first kappa shape index (κ1) is 12.6. The van der Waals surface area contributed by atoms with Crippen molar-refractivity contribution in [2.45, 2.75) is 12.5 Å². The molecule has 0 radical (unpaired) electrons. The third-order valence-corrected chi connectivity index (χ3v) is 3.11. The molecule has 1 unspecified atom stereocenters. The maximum Gasteiger partial charge on any atom is 0.414 e. The number of fused-ring (bicyclic) bond motifs is 1. The highest BCUT2D eigenvalue weighted by molar-refractivity contribution is 5.90. The summed E-state index contributed by atoms with van der Waals surface area (Å²) in [6.45, 7) is 1.17. The molecule has 0 aromatic heterocycles. The van der Waals surface area contributed by atoms with Crippen molar-refractivity contribution in [2.24, 2.45) is 0 Å². The normalized spacial score (nSPS) is 20.7. The lowest BCUT2D eigenvalue weighted by molar-refractivity contribution is -0.138. The molecule has 1 N–H and O–H groups in total. The summed E-state index contributed by atoms with van der Waals surface area (Å²) in [6, 6.07) is 5.14. The van der Waals surface area contributed by atoms with Crippen LogP contribution in [0.3, 0.4) is 0 Å². The van der Waals surface area contributed by atoms with Gasteiger partial charge in [0.1, 0.15) is 19.3 Å². The summed E-state index contributed by atoms with van der Waals surface area (Å²) in [5.74, 6) is 0.213. The third kappa shape index (κ3) is 2.34. The molecule has 1 saturated heterocycles. The molecule has 1 atom stereocenters. The second-order valence-corrected chi connectivity index (χ2v) is 4.54. The Bertz CT molecular complexity index is 558. The van der Waals surface area contributed by atoms with Crippen LogP contribution >= 0.6 is 0 Å². The van der Waals surface area contributed by atoms with E-state index in [0.29, 0.717) is 30.4 Å². The first-order chi connectivity index (χ1) is 9.63. The van der Waals surface area contributed by atoms with E-state index in [1.807, 2.05) is 0 Å². The molecule has 0 aliphatic carbocycles. The molecule has 2 heterocycles. The van der Waals surface area contributed by atoms with Crippen molar-refractivity contribution >= 4 is 17.7 Å². The second kappa shape index (κ2) is 4.92. The van der Waals surface area contributed by atoms with Crippen LogP contribution in [0.2, 0.25) is 0 Å². The largest absolute Gasteiger partial charge is 0.486 e. The van der Waals surface area contributed by atoms with Gasteiger partial charge in [0.15, 0.2) is 11.5 Å². The first-order valence-corrected chi connectivity index (χ1v) is 6.23. The molecule has 7 nitrogen and oxygen atoms in total. The lowest BCUT2D eigenvalue weighted by Crippen LogP contribution is -2.25. The van der Waals surface area contributed by atoms with Gasteiger partial charge in [-0.2, -0.15) is 0 Å². The zero-order valence-corrected chi connectivity index (χ0v) is 10.6. The number of aliphatic carboxylic acids is 1. The Hall–Kier alpha value is -2.44. The Balaban J connectivity index is 1.79. The van der Waals surface area contributed by atoms with Gasteiger partial charge in [0, 0.05) is 6.07 Å². The summed E-state index contributed by atoms with van der Waals surface area (Å²) in [7, 11) is 0. The van der Waals surface area contributed by atoms with Gasteiger partial charge >= 0.3 is 12.1 Å². The summed E-state index contributed by atoms with van der Waals surface area (Å²) in [6.07, 6.45) is -1.38. The number of cyclic esters (lactones) is 1. The number of amides is 1. The average Bonchev–Trinajstić information content (AvgIpc) is 2.78. The van der Waals surface area contributed by atoms with E-state index in [1.54, 1.807) is 18.2 Å². The number of hydrogen-bond donors (Lipinski definition) is 1. The molecule has 1 amide bonds. The molecule has 3 rings (SSSR count). The van der Waals surface area contributed by atoms with Crippen LogP contribution in [-0.4, -0.2) is 43.0 Å². The fraction of sp³-hybridized carbons (Fsp3) is 0.385. The summed E-state index contributed by atoms with van der Waals surface area (Å²) >= 11 is 0. The molecule has 0 bridgehead atoms. The van der Waals surface area contributed by atoms with Crippen molar-refractivity contribution in [3.63, 3.8) is 0 Å². The standard InChI is InChI=1S/C13H13NO6/c15-12(16)6-9-7-14(13(17)20-9)8-1-2-10-11(5-8)19-4-3-18-10/h1-2,5,9H,3-4,6-7H2,(H,15,16). The highest BCUT2D eigenvalue weighted by Crippen LogP contribution is 2.35. The van der Waals surface area contributed by atoms with Crippen LogP contribution in [0.15, 0.2) is 18.2 Å². The van der Waals surface area contributed by atoms with Crippen molar-refractivity contribution in [3.8, 4) is 11.5 Å². The van der Waals surface area contributed by atoms with Crippen LogP contribution in [0.1, 0.15) is 6.42 Å². The number of rotatable bonds is 3. The fourth-order valence-corrected chi connectivity index (χ4v) is 2.23. The lowest BCUT2D eigenvalue weighted by Gasteiger charge is -2.20. The van der Waals surface area contributed by atoms with Gasteiger partial charge in [-0.1, -0.05) is 0 Å². The van der Waals surface area contributed by atoms with Crippen LogP contribution in [0.25, 0.3) is 0 Å². The van der Waals surface area contributed by atoms with E-state index in [4.69, 9.17) is 19.3 Å². The molecule has 1 aromatic carbocycles. The number of anilines is 1. The van der Waals surface area contributed by atoms with Crippen LogP contribution < -0.4 is 14.4 Å². The molecule has 1 fully saturated rings. The molecule has 20 heavy (non-hydrogen) atoms. The van der Waals surface area contributed by atoms with Gasteiger partial charge in [0.05, 0.1) is 18.7 Å². The van der Waals surface area contributed by atoms with Gasteiger partial charge in [0.25, 0.3) is 0 Å². The Morgan fingerprint density at radius 2 is 2.05 bits per heavy atom. The Morgan fingerprint density at radius 1 is 1.30 bits per heavy atom. The summed E-state index contributed by atoms with van der Waals surface area (Å²) in [5.41, 5.74) is 0.604. The number of carboxylic acids is 1. The van der Waals surface area contributed by atoms with Crippen molar-refractivity contribution < 1.29 is 28.9 Å². The maximum atomic E-state index is 11.8. The molecular formula is C13H13NO6. The number of ether oxygens (including phenoxy) is 3. The summed E-state index contributed by atoms with van der Waals surface area (Å²) in [5, 5.41) is 8.73. The number of carbonyl (C=O) groups excluding carboxylic acids is 1. The lowest BCUT2D eigenvalue weighted by atomic mass is 10.2. The minimum Gasteiger partial charge on any atom is -0.486 e. The van der Waals surface area contributed by atoms with Crippen molar-refractivity contribution in [2.75, 3.05) is 24.7 Å². The van der Waals surface area contributed by atoms with Gasteiger partial charge < -0.3 is 19.3 Å². The molecule has 0 saturated carbocycles. The zero-order valence-electron chi connectivity index (χ0n) is 10.6. The monoisotopic (exact) mass is 279 g/mol. The summed E-state index contributed by atoms with van der Waals surface area (Å²) in [4.78, 5) is 23.8. The number of nitrogens with zero attached hydrogens (tertiary/aromatic N) is 1. The highest BCUT2D eigenvalue weighted by atomic mass is 16.6. The zero-order chi connectivity index (χ0) is 14.1. The van der Waals surface area contributed by atoms with Gasteiger partial charge in [-0.25, -0.2) is 4.79 Å². The topological polar surface area (TPSA) is 85.3 Å². The molecule has 0 spiro atoms. The van der Waals surface area contributed by atoms with E-state index in [-0.39, 0.29) is 13.0 Å². The van der Waals surface area contributed by atoms with Crippen LogP contribution in [-0.2, 0) is 9.53 Å². The fourth-order valence-electron chi connectivity index (χ4n) is 2.23. The van der Waals surface area contributed by atoms with Gasteiger partial charge in [-0.15, -0.1) is 0 Å². The average molecular weight is 279 g/mol. The number of carbonyl (C=O) groups is 2. The number of carboxylic acid groups (broad SMARTS) is 1. The van der Waals surface area contributed by atoms with Crippen LogP contribution in [0, 0.1) is 0 Å². The highest BCUT2D eigenvalue weighted by Gasteiger charge is 2.34. The van der Waals surface area contributed by atoms with E-state index < -0.39 is 18.2 Å². The summed E-state index contributed by atoms with van der Waals surface area (Å²) < 4.78 is 15.9. The predicted octanol–water partition coefficient (Wildman–Crippen LogP) is 1.26. The molecule has 106 valence electrons. The first-order valence-electron chi connectivity index (χ1n) is 6.23. The number of benzene rings is 1. The molecule has 2 aliphatic heterocycles. The third-order valence-electron chi connectivity index (χ3n) is 3.11. The molecular weight excluding hydrogens is 266 g/mol. The Labute approximate surface area is 114 Å². The van der Waals surface area contributed by atoms with E-state index >= 15 is 0 Å². The minimum atomic E-state index is -0.994. The smallest absolute Gasteiger partial charge is 0.414 e. The van der Waals surface area contributed by atoms with Gasteiger partial charge in [-0.3, -0.25) is 9.69 Å². The maximum absolute atomic E-state index is 11.8. The SMILES string of the molecule is O=C(O)CC1CN(c2ccc3c(c2)OCCO3)C(=O)O1. The Morgan fingerprint density at radius 3 is 2.80 bits per heavy atom. The minimum absolute atomic E-state index is 0.202. The van der Waals surface area contributed by atoms with Gasteiger partial charge in [-0.05, 0) is 12.1 Å². The van der Waals surface area contributed by atoms with Crippen molar-refractivity contribution in [3.05, 3.63) is 18.2 Å². The van der Waals surface area contributed by atoms with E-state index in [0.717, 1.165) is 0 Å². The van der Waals surface area contributed by atoms with Crippen LogP contribution in [0.4, 0.5) is 10.5 Å². The van der Waals surface area contributed by atoms with Crippen LogP contribution in [0.5, 0.6) is 11.5 Å². The number of hydrogen-bond acceptors (Lipinski definition) is 5. The molecule has 1 aromatic rings. The van der Waals surface area contributed by atoms with Crippen molar-refractivity contribution in [1.29, 1.82) is 0 Å². The van der Waals surface area contributed by atoms with E-state index in [1.165, 1.54) is 4.90 Å². The predicted molar refractivity (Wildman–Crippen MR) is 67.3 cm³/mol. The second-order valence-electron chi connectivity index (χ2n) is 4.54. The molecule has 2 aliphatic rings. The quantitative estimate of drug-likeness (QED) is 0.896. The van der Waals surface area contributed by atoms with E-state index in [9.17, 15) is 9.59 Å². The van der Waals surface area contributed by atoms with E-state index in [2.05, 4.69) is 0 Å².